The predicted molar refractivity (Wildman–Crippen MR) is 67.2 cm³/mol. The Morgan fingerprint density at radius 1 is 1.53 bits per heavy atom. The van der Waals surface area contributed by atoms with E-state index < -0.39 is 0 Å². The first-order valence-electron chi connectivity index (χ1n) is 6.01. The van der Waals surface area contributed by atoms with E-state index in [-0.39, 0.29) is 6.10 Å². The highest BCUT2D eigenvalue weighted by atomic mass is 16.5. The minimum absolute atomic E-state index is 0.130. The summed E-state index contributed by atoms with van der Waals surface area (Å²) in [5.74, 6) is 0.877. The van der Waals surface area contributed by atoms with E-state index >= 15 is 0 Å². The Morgan fingerprint density at radius 2 is 2.41 bits per heavy atom. The Hall–Kier alpha value is -1.10. The lowest BCUT2D eigenvalue weighted by Crippen LogP contribution is -2.40. The van der Waals surface area contributed by atoms with Crippen LogP contribution in [0.5, 0.6) is 5.75 Å². The van der Waals surface area contributed by atoms with Crippen LogP contribution in [0, 0.1) is 0 Å². The van der Waals surface area contributed by atoms with Gasteiger partial charge in [-0.15, -0.1) is 0 Å². The first-order chi connectivity index (χ1) is 8.33. The number of nitrogens with zero attached hydrogens (tertiary/aromatic N) is 1. The minimum Gasteiger partial charge on any atom is -0.497 e. The fourth-order valence-corrected chi connectivity index (χ4v) is 2.13. The van der Waals surface area contributed by atoms with Crippen LogP contribution in [0.4, 0.5) is 0 Å². The zero-order valence-electron chi connectivity index (χ0n) is 10.3. The summed E-state index contributed by atoms with van der Waals surface area (Å²) in [5.41, 5.74) is 6.76. The topological polar surface area (TPSA) is 47.7 Å². The Morgan fingerprint density at radius 3 is 3.18 bits per heavy atom. The van der Waals surface area contributed by atoms with Crippen molar-refractivity contribution in [3.8, 4) is 5.75 Å². The highest BCUT2D eigenvalue weighted by molar-refractivity contribution is 5.30. The molecular formula is C13H20N2O2. The molecule has 0 saturated carbocycles. The van der Waals surface area contributed by atoms with E-state index in [9.17, 15) is 0 Å². The highest BCUT2D eigenvalue weighted by Gasteiger charge is 2.21. The van der Waals surface area contributed by atoms with E-state index in [2.05, 4.69) is 11.0 Å². The van der Waals surface area contributed by atoms with Gasteiger partial charge in [0.2, 0.25) is 0 Å². The Balaban J connectivity index is 2.05. The summed E-state index contributed by atoms with van der Waals surface area (Å²) in [7, 11) is 1.68. The number of methoxy groups -OCH3 is 1. The first kappa shape index (κ1) is 12.4. The predicted octanol–water partition coefficient (Wildman–Crippen LogP) is 1.03. The van der Waals surface area contributed by atoms with Gasteiger partial charge < -0.3 is 15.2 Å². The number of benzene rings is 1. The molecule has 1 aliphatic heterocycles. The SMILES string of the molecule is COc1cccc(C2CN(CCN)CCO2)c1. The van der Waals surface area contributed by atoms with Crippen LogP contribution >= 0.6 is 0 Å². The molecule has 1 unspecified atom stereocenters. The molecule has 1 heterocycles. The number of ether oxygens (including phenoxy) is 2. The van der Waals surface area contributed by atoms with Crippen LogP contribution in [0.1, 0.15) is 11.7 Å². The molecule has 2 N–H and O–H groups in total. The quantitative estimate of drug-likeness (QED) is 0.848. The molecule has 0 amide bonds. The molecule has 94 valence electrons. The lowest BCUT2D eigenvalue weighted by Gasteiger charge is -2.32. The van der Waals surface area contributed by atoms with Gasteiger partial charge >= 0.3 is 0 Å². The average molecular weight is 236 g/mol. The van der Waals surface area contributed by atoms with Gasteiger partial charge in [0.05, 0.1) is 19.8 Å². The monoisotopic (exact) mass is 236 g/mol. The van der Waals surface area contributed by atoms with E-state index in [1.54, 1.807) is 7.11 Å². The van der Waals surface area contributed by atoms with Gasteiger partial charge in [0, 0.05) is 26.2 Å². The van der Waals surface area contributed by atoms with E-state index in [4.69, 9.17) is 15.2 Å². The molecule has 4 nitrogen and oxygen atoms in total. The normalized spacial score (nSPS) is 21.4. The van der Waals surface area contributed by atoms with Crippen molar-refractivity contribution in [2.45, 2.75) is 6.10 Å². The van der Waals surface area contributed by atoms with E-state index in [1.165, 1.54) is 5.56 Å². The van der Waals surface area contributed by atoms with Crippen molar-refractivity contribution >= 4 is 0 Å². The molecule has 0 aliphatic carbocycles. The number of hydrogen-bond donors (Lipinski definition) is 1. The maximum Gasteiger partial charge on any atom is 0.119 e. The Bertz CT molecular complexity index is 355. The van der Waals surface area contributed by atoms with Crippen LogP contribution in [0.2, 0.25) is 0 Å². The van der Waals surface area contributed by atoms with Crippen molar-refractivity contribution in [2.75, 3.05) is 39.9 Å². The third kappa shape index (κ3) is 3.19. The average Bonchev–Trinajstić information content (AvgIpc) is 2.40. The smallest absolute Gasteiger partial charge is 0.119 e. The molecule has 1 aromatic rings. The summed E-state index contributed by atoms with van der Waals surface area (Å²) in [6.07, 6.45) is 0.130. The molecule has 17 heavy (non-hydrogen) atoms. The summed E-state index contributed by atoms with van der Waals surface area (Å²) < 4.78 is 11.0. The van der Waals surface area contributed by atoms with Gasteiger partial charge in [-0.1, -0.05) is 12.1 Å². The summed E-state index contributed by atoms with van der Waals surface area (Å²) in [5, 5.41) is 0. The lowest BCUT2D eigenvalue weighted by atomic mass is 10.1. The molecule has 0 bridgehead atoms. The van der Waals surface area contributed by atoms with Crippen molar-refractivity contribution in [3.63, 3.8) is 0 Å². The van der Waals surface area contributed by atoms with Crippen LogP contribution in [0.15, 0.2) is 24.3 Å². The van der Waals surface area contributed by atoms with Crippen LogP contribution in [0.25, 0.3) is 0 Å². The zero-order valence-corrected chi connectivity index (χ0v) is 10.3. The third-order valence-corrected chi connectivity index (χ3v) is 3.06. The van der Waals surface area contributed by atoms with Gasteiger partial charge in [0.15, 0.2) is 0 Å². The van der Waals surface area contributed by atoms with Gasteiger partial charge in [-0.3, -0.25) is 4.90 Å². The van der Waals surface area contributed by atoms with Crippen molar-refractivity contribution < 1.29 is 9.47 Å². The highest BCUT2D eigenvalue weighted by Crippen LogP contribution is 2.25. The molecule has 1 aromatic carbocycles. The third-order valence-electron chi connectivity index (χ3n) is 3.06. The second kappa shape index (κ2) is 6.00. The second-order valence-corrected chi connectivity index (χ2v) is 4.23. The lowest BCUT2D eigenvalue weighted by molar-refractivity contribution is -0.0289. The standard InChI is InChI=1S/C13H20N2O2/c1-16-12-4-2-3-11(9-12)13-10-15(6-5-14)7-8-17-13/h2-4,9,13H,5-8,10,14H2,1H3. The molecule has 4 heteroatoms. The van der Waals surface area contributed by atoms with Crippen molar-refractivity contribution in [1.29, 1.82) is 0 Å². The van der Waals surface area contributed by atoms with Crippen LogP contribution in [0.3, 0.4) is 0 Å². The molecule has 1 aliphatic rings. The van der Waals surface area contributed by atoms with Crippen molar-refractivity contribution in [1.82, 2.24) is 4.90 Å². The van der Waals surface area contributed by atoms with Gasteiger partial charge in [-0.05, 0) is 17.7 Å². The molecule has 1 atom stereocenters. The molecule has 1 fully saturated rings. The van der Waals surface area contributed by atoms with E-state index in [0.29, 0.717) is 6.54 Å². The fourth-order valence-electron chi connectivity index (χ4n) is 2.13. The maximum absolute atomic E-state index is 5.80. The van der Waals surface area contributed by atoms with Crippen LogP contribution < -0.4 is 10.5 Å². The molecule has 2 rings (SSSR count). The molecular weight excluding hydrogens is 216 g/mol. The van der Waals surface area contributed by atoms with Crippen molar-refractivity contribution in [2.24, 2.45) is 5.73 Å². The summed E-state index contributed by atoms with van der Waals surface area (Å²) in [6.45, 7) is 4.28. The van der Waals surface area contributed by atoms with E-state index in [1.807, 2.05) is 18.2 Å². The number of hydrogen-bond acceptors (Lipinski definition) is 4. The minimum atomic E-state index is 0.130. The van der Waals surface area contributed by atoms with Crippen molar-refractivity contribution in [3.05, 3.63) is 29.8 Å². The van der Waals surface area contributed by atoms with E-state index in [0.717, 1.165) is 32.0 Å². The maximum atomic E-state index is 5.80. The summed E-state index contributed by atoms with van der Waals surface area (Å²) >= 11 is 0. The number of morpholine rings is 1. The number of nitrogens with two attached hydrogens (primary N) is 1. The Kier molecular flexibility index (Phi) is 4.36. The summed E-state index contributed by atoms with van der Waals surface area (Å²) in [6, 6.07) is 8.07. The van der Waals surface area contributed by atoms with Crippen LogP contribution in [-0.2, 0) is 4.74 Å². The number of rotatable bonds is 4. The fraction of sp³-hybridized carbons (Fsp3) is 0.538. The molecule has 0 spiro atoms. The second-order valence-electron chi connectivity index (χ2n) is 4.23. The largest absolute Gasteiger partial charge is 0.497 e. The van der Waals surface area contributed by atoms with Gasteiger partial charge in [0.25, 0.3) is 0 Å². The first-order valence-corrected chi connectivity index (χ1v) is 6.01. The molecule has 0 aromatic heterocycles. The zero-order chi connectivity index (χ0) is 12.1. The summed E-state index contributed by atoms with van der Waals surface area (Å²) in [4.78, 5) is 2.34. The van der Waals surface area contributed by atoms with Gasteiger partial charge in [-0.2, -0.15) is 0 Å². The van der Waals surface area contributed by atoms with Gasteiger partial charge in [0.1, 0.15) is 5.75 Å². The molecule has 0 radical (unpaired) electrons. The van der Waals surface area contributed by atoms with Gasteiger partial charge in [-0.25, -0.2) is 0 Å². The molecule has 1 saturated heterocycles. The Labute approximate surface area is 102 Å². The van der Waals surface area contributed by atoms with Crippen LogP contribution in [-0.4, -0.2) is 44.8 Å².